The van der Waals surface area contributed by atoms with Crippen LogP contribution in [0.3, 0.4) is 0 Å². The summed E-state index contributed by atoms with van der Waals surface area (Å²) in [4.78, 5) is 35.0. The Morgan fingerprint density at radius 3 is 2.84 bits per heavy atom. The largest absolute Gasteiger partial charge is 0.353 e. The van der Waals surface area contributed by atoms with Gasteiger partial charge < -0.3 is 15.2 Å². The van der Waals surface area contributed by atoms with Gasteiger partial charge >= 0.3 is 0 Å². The molecule has 0 aliphatic rings. The number of unbranched alkanes of at least 4 members (excludes halogenated alkanes) is 1. The van der Waals surface area contributed by atoms with Crippen LogP contribution in [-0.2, 0) is 4.79 Å². The Bertz CT molecular complexity index is 1660. The van der Waals surface area contributed by atoms with Crippen LogP contribution in [0, 0.1) is 0 Å². The fourth-order valence-corrected chi connectivity index (χ4v) is 4.32. The van der Waals surface area contributed by atoms with E-state index >= 15 is 0 Å². The van der Waals surface area contributed by atoms with Crippen molar-refractivity contribution < 1.29 is 4.79 Å². The fraction of sp³-hybridized carbons (Fsp3) is 0.214. The number of aromatic amines is 2. The van der Waals surface area contributed by atoms with E-state index in [-0.39, 0.29) is 5.91 Å². The summed E-state index contributed by atoms with van der Waals surface area (Å²) in [5.41, 5.74) is 6.34. The topological polar surface area (TPSA) is 128 Å². The average molecular weight is 508 g/mol. The van der Waals surface area contributed by atoms with Gasteiger partial charge in [0.15, 0.2) is 0 Å². The van der Waals surface area contributed by atoms with Crippen LogP contribution in [0.1, 0.15) is 33.1 Å². The Balaban J connectivity index is 1.50. The summed E-state index contributed by atoms with van der Waals surface area (Å²) >= 11 is 0. The first-order valence-corrected chi connectivity index (χ1v) is 12.4. The number of allylic oxidation sites excluding steroid dienone is 1. The molecule has 0 bridgehead atoms. The summed E-state index contributed by atoms with van der Waals surface area (Å²) in [6.45, 7) is 7.53. The molecule has 0 aromatic carbocycles. The van der Waals surface area contributed by atoms with Gasteiger partial charge in [-0.15, -0.1) is 0 Å². The Labute approximate surface area is 220 Å². The SMILES string of the molecule is C=N/C(C)=C\N(C)c1nccc2[nH]c(-c3n[nH]c4cnc(-c5cncc(NC(=O)CCCC)c5)cc34)cc12. The van der Waals surface area contributed by atoms with Gasteiger partial charge in [-0.3, -0.25) is 24.9 Å². The maximum absolute atomic E-state index is 12.2. The number of nitrogens with zero attached hydrogens (tertiary/aromatic N) is 6. The minimum Gasteiger partial charge on any atom is -0.353 e. The standard InChI is InChI=1S/C28H29N9O/c1-5-6-7-26(38)33-19-10-18(13-30-14-19)23-11-20-25(15-32-23)35-36-27(20)24-12-21-22(34-24)8-9-31-28(21)37(4)16-17(2)29-3/h8-16,34H,3,5-7H2,1-2,4H3,(H,33,38)(H,35,36)/b17-16-. The summed E-state index contributed by atoms with van der Waals surface area (Å²) in [6, 6.07) is 7.84. The Hall–Kier alpha value is -4.86. The summed E-state index contributed by atoms with van der Waals surface area (Å²) in [5.74, 6) is 0.773. The molecule has 0 spiro atoms. The molecule has 192 valence electrons. The van der Waals surface area contributed by atoms with Gasteiger partial charge in [0.25, 0.3) is 0 Å². The van der Waals surface area contributed by atoms with Crippen molar-refractivity contribution in [1.29, 1.82) is 0 Å². The van der Waals surface area contributed by atoms with Gasteiger partial charge in [0.2, 0.25) is 5.91 Å². The fourth-order valence-electron chi connectivity index (χ4n) is 4.32. The van der Waals surface area contributed by atoms with Gasteiger partial charge in [-0.05, 0) is 44.3 Å². The summed E-state index contributed by atoms with van der Waals surface area (Å²) in [7, 11) is 1.93. The highest BCUT2D eigenvalue weighted by Crippen LogP contribution is 2.33. The van der Waals surface area contributed by atoms with Crippen molar-refractivity contribution in [1.82, 2.24) is 30.1 Å². The molecule has 0 saturated heterocycles. The zero-order valence-electron chi connectivity index (χ0n) is 21.6. The van der Waals surface area contributed by atoms with E-state index in [9.17, 15) is 4.79 Å². The monoisotopic (exact) mass is 507 g/mol. The highest BCUT2D eigenvalue weighted by Gasteiger charge is 2.16. The van der Waals surface area contributed by atoms with Gasteiger partial charge in [0.1, 0.15) is 11.5 Å². The van der Waals surface area contributed by atoms with Crippen molar-refractivity contribution in [2.45, 2.75) is 33.1 Å². The molecule has 5 heterocycles. The number of amides is 1. The molecule has 0 saturated carbocycles. The number of aliphatic imine (C=N–C) groups is 1. The number of fused-ring (bicyclic) bond motifs is 2. The van der Waals surface area contributed by atoms with E-state index < -0.39 is 0 Å². The highest BCUT2D eigenvalue weighted by atomic mass is 16.1. The molecule has 10 heteroatoms. The lowest BCUT2D eigenvalue weighted by Crippen LogP contribution is -2.11. The molecular weight excluding hydrogens is 478 g/mol. The van der Waals surface area contributed by atoms with Gasteiger partial charge in [0.05, 0.1) is 46.2 Å². The quantitative estimate of drug-likeness (QED) is 0.220. The summed E-state index contributed by atoms with van der Waals surface area (Å²) in [6.07, 6.45) is 11.1. The number of nitrogens with one attached hydrogen (secondary N) is 3. The molecule has 0 unspecified atom stereocenters. The molecule has 0 radical (unpaired) electrons. The van der Waals surface area contributed by atoms with Gasteiger partial charge in [-0.25, -0.2) is 4.98 Å². The van der Waals surface area contributed by atoms with Crippen LogP contribution in [0.25, 0.3) is 44.5 Å². The van der Waals surface area contributed by atoms with Gasteiger partial charge in [-0.1, -0.05) is 13.3 Å². The molecule has 0 atom stereocenters. The van der Waals surface area contributed by atoms with E-state index in [1.807, 2.05) is 49.3 Å². The average Bonchev–Trinajstić information content (AvgIpc) is 3.55. The number of hydrogen-bond acceptors (Lipinski definition) is 7. The number of carbonyl (C=O) groups excluding carboxylic acids is 1. The third-order valence-corrected chi connectivity index (χ3v) is 6.27. The molecule has 10 nitrogen and oxygen atoms in total. The van der Waals surface area contributed by atoms with E-state index in [0.29, 0.717) is 12.1 Å². The molecule has 5 aromatic heterocycles. The minimum atomic E-state index is -0.0175. The van der Waals surface area contributed by atoms with Crippen LogP contribution in [0.2, 0.25) is 0 Å². The predicted octanol–water partition coefficient (Wildman–Crippen LogP) is 5.69. The van der Waals surface area contributed by atoms with Crippen LogP contribution in [0.5, 0.6) is 0 Å². The van der Waals surface area contributed by atoms with Crippen molar-refractivity contribution in [3.63, 3.8) is 0 Å². The molecule has 5 rings (SSSR count). The number of hydrogen-bond donors (Lipinski definition) is 3. The second-order valence-electron chi connectivity index (χ2n) is 9.12. The normalized spacial score (nSPS) is 11.7. The smallest absolute Gasteiger partial charge is 0.224 e. The highest BCUT2D eigenvalue weighted by molar-refractivity contribution is 5.99. The molecule has 3 N–H and O–H groups in total. The maximum Gasteiger partial charge on any atom is 0.224 e. The number of anilines is 2. The summed E-state index contributed by atoms with van der Waals surface area (Å²) in [5, 5.41) is 12.4. The first-order chi connectivity index (χ1) is 18.5. The Kier molecular flexibility index (Phi) is 6.94. The van der Waals surface area contributed by atoms with Crippen molar-refractivity contribution in [3.8, 4) is 22.6 Å². The molecule has 38 heavy (non-hydrogen) atoms. The predicted molar refractivity (Wildman–Crippen MR) is 152 cm³/mol. The molecular formula is C28H29N9O. The number of rotatable bonds is 9. The van der Waals surface area contributed by atoms with Crippen molar-refractivity contribution in [2.75, 3.05) is 17.3 Å². The summed E-state index contributed by atoms with van der Waals surface area (Å²) < 4.78 is 0. The van der Waals surface area contributed by atoms with E-state index in [4.69, 9.17) is 0 Å². The zero-order valence-corrected chi connectivity index (χ0v) is 21.6. The molecule has 1 amide bonds. The second-order valence-corrected chi connectivity index (χ2v) is 9.12. The first-order valence-electron chi connectivity index (χ1n) is 12.4. The first kappa shape index (κ1) is 24.8. The molecule has 0 aliphatic heterocycles. The number of H-pyrrole nitrogens is 2. The zero-order chi connectivity index (χ0) is 26.6. The van der Waals surface area contributed by atoms with E-state index in [1.54, 1.807) is 24.8 Å². The third kappa shape index (κ3) is 5.01. The lowest BCUT2D eigenvalue weighted by molar-refractivity contribution is -0.116. The molecule has 5 aromatic rings. The van der Waals surface area contributed by atoms with Crippen molar-refractivity contribution in [3.05, 3.63) is 60.9 Å². The van der Waals surface area contributed by atoms with Crippen LogP contribution < -0.4 is 10.2 Å². The number of carbonyl (C=O) groups is 1. The maximum atomic E-state index is 12.2. The molecule has 0 fully saturated rings. The Morgan fingerprint density at radius 2 is 2.03 bits per heavy atom. The number of pyridine rings is 3. The van der Waals surface area contributed by atoms with Crippen molar-refractivity contribution in [2.24, 2.45) is 4.99 Å². The number of aromatic nitrogens is 6. The van der Waals surface area contributed by atoms with Crippen LogP contribution in [0.4, 0.5) is 11.5 Å². The minimum absolute atomic E-state index is 0.0175. The second kappa shape index (κ2) is 10.6. The Morgan fingerprint density at radius 1 is 1.16 bits per heavy atom. The van der Waals surface area contributed by atoms with E-state index in [0.717, 1.165) is 68.8 Å². The van der Waals surface area contributed by atoms with Crippen LogP contribution in [0.15, 0.2) is 65.9 Å². The van der Waals surface area contributed by atoms with E-state index in [1.165, 1.54) is 0 Å². The van der Waals surface area contributed by atoms with Crippen LogP contribution in [-0.4, -0.2) is 49.8 Å². The van der Waals surface area contributed by atoms with Gasteiger partial charge in [0, 0.05) is 48.4 Å². The lowest BCUT2D eigenvalue weighted by Gasteiger charge is -2.14. The molecule has 0 aliphatic carbocycles. The third-order valence-electron chi connectivity index (χ3n) is 6.27. The lowest BCUT2D eigenvalue weighted by atomic mass is 10.1. The van der Waals surface area contributed by atoms with Crippen molar-refractivity contribution >= 4 is 45.9 Å². The van der Waals surface area contributed by atoms with Crippen LogP contribution >= 0.6 is 0 Å². The van der Waals surface area contributed by atoms with Gasteiger partial charge in [-0.2, -0.15) is 5.10 Å². The van der Waals surface area contributed by atoms with E-state index in [2.05, 4.69) is 54.1 Å².